The smallest absolute Gasteiger partial charge is 0.414 e. The second-order valence-corrected chi connectivity index (χ2v) is 8.32. The zero-order valence-electron chi connectivity index (χ0n) is 17.1. The molecule has 2 aromatic rings. The van der Waals surface area contributed by atoms with Gasteiger partial charge < -0.3 is 9.47 Å². The molecule has 1 saturated heterocycles. The van der Waals surface area contributed by atoms with Crippen molar-refractivity contribution in [2.24, 2.45) is 5.41 Å². The van der Waals surface area contributed by atoms with Gasteiger partial charge in [-0.25, -0.2) is 9.59 Å². The maximum atomic E-state index is 13.2. The molecule has 0 radical (unpaired) electrons. The Hall–Kier alpha value is -3.08. The van der Waals surface area contributed by atoms with Crippen LogP contribution in [0.3, 0.4) is 0 Å². The highest BCUT2D eigenvalue weighted by Gasteiger charge is 2.59. The monoisotopic (exact) mass is 393 g/mol. The van der Waals surface area contributed by atoms with Crippen molar-refractivity contribution in [2.75, 3.05) is 0 Å². The van der Waals surface area contributed by atoms with Crippen LogP contribution in [0.4, 0.5) is 4.79 Å². The predicted octanol–water partition coefficient (Wildman–Crippen LogP) is 4.72. The lowest BCUT2D eigenvalue weighted by Gasteiger charge is -2.37. The number of amides is 1. The number of ether oxygens (including phenoxy) is 2. The van der Waals surface area contributed by atoms with E-state index in [-0.39, 0.29) is 13.0 Å². The topological polar surface area (TPSA) is 55.8 Å². The van der Waals surface area contributed by atoms with Crippen molar-refractivity contribution >= 4 is 12.1 Å². The number of carbonyl (C=O) groups is 2. The summed E-state index contributed by atoms with van der Waals surface area (Å²) in [5, 5.41) is 0. The molecule has 1 fully saturated rings. The molecule has 0 bridgehead atoms. The minimum absolute atomic E-state index is 0.111. The summed E-state index contributed by atoms with van der Waals surface area (Å²) in [6, 6.07) is 18.9. The second-order valence-electron chi connectivity index (χ2n) is 8.32. The number of esters is 1. The summed E-state index contributed by atoms with van der Waals surface area (Å²) in [5.41, 5.74) is -0.0534. The number of carbonyl (C=O) groups excluding carboxylic acids is 2. The third-order valence-electron chi connectivity index (χ3n) is 5.03. The quantitative estimate of drug-likeness (QED) is 0.545. The summed E-state index contributed by atoms with van der Waals surface area (Å²) in [5.74, 6) is -0.493. The molecule has 0 aliphatic carbocycles. The van der Waals surface area contributed by atoms with Gasteiger partial charge in [-0.15, -0.1) is 6.58 Å². The maximum absolute atomic E-state index is 13.2. The second kappa shape index (κ2) is 8.11. The molecule has 1 amide bonds. The minimum atomic E-state index is -1.33. The largest absolute Gasteiger partial charge is 0.444 e. The molecule has 3 rings (SSSR count). The van der Waals surface area contributed by atoms with Crippen LogP contribution >= 0.6 is 0 Å². The molecule has 0 saturated carbocycles. The number of hydrogen-bond acceptors (Lipinski definition) is 4. The van der Waals surface area contributed by atoms with E-state index in [2.05, 4.69) is 6.58 Å². The van der Waals surface area contributed by atoms with Gasteiger partial charge in [0.1, 0.15) is 6.61 Å². The Labute approximate surface area is 171 Å². The third kappa shape index (κ3) is 4.19. The normalized spacial score (nSPS) is 21.6. The van der Waals surface area contributed by atoms with Crippen LogP contribution in [-0.2, 0) is 27.3 Å². The molecule has 1 aliphatic heterocycles. The average molecular weight is 393 g/mol. The van der Waals surface area contributed by atoms with Crippen LogP contribution in [0.25, 0.3) is 0 Å². The summed E-state index contributed by atoms with van der Waals surface area (Å²) >= 11 is 0. The average Bonchev–Trinajstić information content (AvgIpc) is 3.01. The van der Waals surface area contributed by atoms with Crippen LogP contribution in [0.2, 0.25) is 0 Å². The minimum Gasteiger partial charge on any atom is -0.444 e. The van der Waals surface area contributed by atoms with E-state index in [1.54, 1.807) is 0 Å². The van der Waals surface area contributed by atoms with Gasteiger partial charge in [-0.1, -0.05) is 87.5 Å². The number of benzene rings is 2. The number of cyclic esters (lactones) is 1. The van der Waals surface area contributed by atoms with Crippen molar-refractivity contribution in [1.29, 1.82) is 0 Å². The van der Waals surface area contributed by atoms with Gasteiger partial charge in [0.25, 0.3) is 0 Å². The Bertz CT molecular complexity index is 873. The standard InChI is InChI=1S/C24H27NO4/c1-5-24(16-18-12-8-6-9-13-18)21(26)29-20(23(2,3)4)25(24)22(27)28-17-19-14-10-7-11-15-19/h5-15,20H,1,16-17H2,2-4H3/t20-,24-/m1/s1. The van der Waals surface area contributed by atoms with Crippen molar-refractivity contribution in [3.05, 3.63) is 84.4 Å². The highest BCUT2D eigenvalue weighted by Crippen LogP contribution is 2.41. The molecule has 1 aliphatic rings. The highest BCUT2D eigenvalue weighted by atomic mass is 16.6. The first kappa shape index (κ1) is 20.6. The first-order valence-electron chi connectivity index (χ1n) is 9.66. The molecule has 5 heteroatoms. The van der Waals surface area contributed by atoms with Gasteiger partial charge in [0.2, 0.25) is 0 Å². The van der Waals surface area contributed by atoms with E-state index in [4.69, 9.17) is 9.47 Å². The van der Waals surface area contributed by atoms with Crippen molar-refractivity contribution in [2.45, 2.75) is 45.6 Å². The lowest BCUT2D eigenvalue weighted by molar-refractivity contribution is -0.148. The summed E-state index contributed by atoms with van der Waals surface area (Å²) < 4.78 is 11.3. The zero-order chi connectivity index (χ0) is 21.1. The summed E-state index contributed by atoms with van der Waals surface area (Å²) in [6.07, 6.45) is 0.400. The maximum Gasteiger partial charge on any atom is 0.414 e. The molecule has 0 N–H and O–H groups in total. The van der Waals surface area contributed by atoms with Crippen LogP contribution in [0, 0.1) is 5.41 Å². The fourth-order valence-electron chi connectivity index (χ4n) is 3.49. The molecule has 29 heavy (non-hydrogen) atoms. The number of hydrogen-bond donors (Lipinski definition) is 0. The van der Waals surface area contributed by atoms with Crippen LogP contribution in [0.5, 0.6) is 0 Å². The van der Waals surface area contributed by atoms with E-state index < -0.39 is 29.2 Å². The van der Waals surface area contributed by atoms with Crippen LogP contribution in [0.15, 0.2) is 73.3 Å². The van der Waals surface area contributed by atoms with Gasteiger partial charge in [0.05, 0.1) is 0 Å². The van der Waals surface area contributed by atoms with E-state index in [1.807, 2.05) is 81.4 Å². The van der Waals surface area contributed by atoms with Gasteiger partial charge in [-0.05, 0) is 11.1 Å². The van der Waals surface area contributed by atoms with Gasteiger partial charge in [0.15, 0.2) is 11.8 Å². The van der Waals surface area contributed by atoms with Gasteiger partial charge >= 0.3 is 12.1 Å². The molecule has 0 spiro atoms. The summed E-state index contributed by atoms with van der Waals surface area (Å²) in [6.45, 7) is 9.75. The summed E-state index contributed by atoms with van der Waals surface area (Å²) in [7, 11) is 0. The molecule has 2 aromatic carbocycles. The Morgan fingerprint density at radius 2 is 1.66 bits per heavy atom. The van der Waals surface area contributed by atoms with E-state index in [9.17, 15) is 9.59 Å². The van der Waals surface area contributed by atoms with Gasteiger partial charge in [-0.3, -0.25) is 4.90 Å². The molecule has 0 aromatic heterocycles. The van der Waals surface area contributed by atoms with E-state index in [0.717, 1.165) is 11.1 Å². The Kier molecular flexibility index (Phi) is 5.78. The van der Waals surface area contributed by atoms with Crippen molar-refractivity contribution in [1.82, 2.24) is 4.90 Å². The molecule has 1 heterocycles. The SMILES string of the molecule is C=C[C@@]1(Cc2ccccc2)C(=O)O[C@H](C(C)(C)C)N1C(=O)OCc1ccccc1. The van der Waals surface area contributed by atoms with Crippen molar-refractivity contribution in [3.63, 3.8) is 0 Å². The van der Waals surface area contributed by atoms with Crippen molar-refractivity contribution in [3.8, 4) is 0 Å². The fourth-order valence-corrected chi connectivity index (χ4v) is 3.49. The summed E-state index contributed by atoms with van der Waals surface area (Å²) in [4.78, 5) is 27.7. The van der Waals surface area contributed by atoms with E-state index >= 15 is 0 Å². The Morgan fingerprint density at radius 1 is 1.10 bits per heavy atom. The lowest BCUT2D eigenvalue weighted by atomic mass is 9.87. The fraction of sp³-hybridized carbons (Fsp3) is 0.333. The first-order valence-corrected chi connectivity index (χ1v) is 9.66. The predicted molar refractivity (Wildman–Crippen MR) is 111 cm³/mol. The Balaban J connectivity index is 1.94. The lowest BCUT2D eigenvalue weighted by Crippen LogP contribution is -2.56. The van der Waals surface area contributed by atoms with Crippen LogP contribution in [-0.4, -0.2) is 28.7 Å². The number of rotatable bonds is 5. The van der Waals surface area contributed by atoms with Gasteiger partial charge in [0, 0.05) is 11.8 Å². The van der Waals surface area contributed by atoms with Gasteiger partial charge in [-0.2, -0.15) is 0 Å². The Morgan fingerprint density at radius 3 is 2.17 bits per heavy atom. The van der Waals surface area contributed by atoms with Crippen LogP contribution in [0.1, 0.15) is 31.9 Å². The number of nitrogens with zero attached hydrogens (tertiary/aromatic N) is 1. The van der Waals surface area contributed by atoms with E-state index in [1.165, 1.54) is 11.0 Å². The molecule has 2 atom stereocenters. The highest BCUT2D eigenvalue weighted by molar-refractivity contribution is 5.91. The molecule has 5 nitrogen and oxygen atoms in total. The van der Waals surface area contributed by atoms with E-state index in [0.29, 0.717) is 0 Å². The van der Waals surface area contributed by atoms with Crippen molar-refractivity contribution < 1.29 is 19.1 Å². The first-order chi connectivity index (χ1) is 13.8. The molecular weight excluding hydrogens is 366 g/mol. The zero-order valence-corrected chi connectivity index (χ0v) is 17.1. The molecule has 0 unspecified atom stereocenters. The third-order valence-corrected chi connectivity index (χ3v) is 5.03. The van der Waals surface area contributed by atoms with Crippen LogP contribution < -0.4 is 0 Å². The molecular formula is C24H27NO4. The molecule has 152 valence electrons.